The zero-order valence-corrected chi connectivity index (χ0v) is 15.7. The van der Waals surface area contributed by atoms with Gasteiger partial charge in [0.2, 0.25) is 0 Å². The molecule has 0 spiro atoms. The topological polar surface area (TPSA) is 57.5 Å². The number of aryl methyl sites for hydroxylation is 1. The van der Waals surface area contributed by atoms with Gasteiger partial charge in [0.25, 0.3) is 0 Å². The molecule has 0 amide bonds. The van der Waals surface area contributed by atoms with Crippen LogP contribution in [0.1, 0.15) is 37.0 Å². The third-order valence-electron chi connectivity index (χ3n) is 4.85. The van der Waals surface area contributed by atoms with Crippen molar-refractivity contribution in [1.29, 1.82) is 0 Å². The van der Waals surface area contributed by atoms with E-state index in [1.165, 1.54) is 0 Å². The van der Waals surface area contributed by atoms with Crippen LogP contribution in [0.3, 0.4) is 0 Å². The molecule has 2 aromatic rings. The third kappa shape index (κ3) is 3.68. The van der Waals surface area contributed by atoms with Crippen molar-refractivity contribution in [2.45, 2.75) is 45.0 Å². The fourth-order valence-electron chi connectivity index (χ4n) is 3.53. The molecule has 4 rings (SSSR count). The number of nitrogens with zero attached hydrogens (tertiary/aromatic N) is 2. The number of nitrogens with one attached hydrogen (secondary N) is 1. The van der Waals surface area contributed by atoms with Crippen LogP contribution in [0.25, 0.3) is 0 Å². The van der Waals surface area contributed by atoms with Crippen molar-refractivity contribution in [2.75, 3.05) is 19.8 Å². The van der Waals surface area contributed by atoms with Gasteiger partial charge < -0.3 is 19.5 Å². The smallest absolute Gasteiger partial charge is 0.179 e. The summed E-state index contributed by atoms with van der Waals surface area (Å²) in [4.78, 5) is 0. The van der Waals surface area contributed by atoms with Crippen LogP contribution in [-0.4, -0.2) is 35.6 Å². The van der Waals surface area contributed by atoms with Gasteiger partial charge in [-0.1, -0.05) is 11.6 Å². The maximum absolute atomic E-state index is 6.34. The van der Waals surface area contributed by atoms with Crippen LogP contribution in [0.15, 0.2) is 24.5 Å². The first-order valence-electron chi connectivity index (χ1n) is 9.20. The largest absolute Gasteiger partial charge is 0.486 e. The molecule has 3 heterocycles. The van der Waals surface area contributed by atoms with E-state index >= 15 is 0 Å². The Morgan fingerprint density at radius 1 is 1.27 bits per heavy atom. The number of benzene rings is 1. The number of aromatic nitrogens is 2. The van der Waals surface area contributed by atoms with Gasteiger partial charge >= 0.3 is 0 Å². The van der Waals surface area contributed by atoms with Crippen molar-refractivity contribution in [3.05, 3.63) is 40.7 Å². The second-order valence-electron chi connectivity index (χ2n) is 6.65. The molecule has 1 fully saturated rings. The summed E-state index contributed by atoms with van der Waals surface area (Å²) in [5.74, 6) is 1.37. The fourth-order valence-corrected chi connectivity index (χ4v) is 3.82. The SMILES string of the molecule is CCn1cc([C@H]2OCCC[C@@H]2NCc2cc(Cl)c3c(c2)OCCO3)cn1. The van der Waals surface area contributed by atoms with Gasteiger partial charge in [-0.05, 0) is 37.5 Å². The molecule has 0 saturated carbocycles. The highest BCUT2D eigenvalue weighted by Gasteiger charge is 2.28. The Bertz CT molecular complexity index is 764. The lowest BCUT2D eigenvalue weighted by molar-refractivity contribution is -0.0112. The summed E-state index contributed by atoms with van der Waals surface area (Å²) in [7, 11) is 0. The molecule has 2 atom stereocenters. The van der Waals surface area contributed by atoms with E-state index in [0.29, 0.717) is 30.5 Å². The fraction of sp³-hybridized carbons (Fsp3) is 0.526. The quantitative estimate of drug-likeness (QED) is 0.866. The van der Waals surface area contributed by atoms with Gasteiger partial charge in [-0.2, -0.15) is 5.10 Å². The molecule has 1 N–H and O–H groups in total. The Morgan fingerprint density at radius 2 is 2.15 bits per heavy atom. The molecule has 0 aliphatic carbocycles. The molecule has 26 heavy (non-hydrogen) atoms. The summed E-state index contributed by atoms with van der Waals surface area (Å²) >= 11 is 6.34. The predicted octanol–water partition coefficient (Wildman–Crippen LogP) is 3.34. The van der Waals surface area contributed by atoms with Crippen LogP contribution in [0, 0.1) is 0 Å². The monoisotopic (exact) mass is 377 g/mol. The Hall–Kier alpha value is -1.76. The highest BCUT2D eigenvalue weighted by molar-refractivity contribution is 6.32. The van der Waals surface area contributed by atoms with Crippen LogP contribution >= 0.6 is 11.6 Å². The minimum absolute atomic E-state index is 0.0248. The molecule has 1 aromatic carbocycles. The molecule has 1 aromatic heterocycles. The van der Waals surface area contributed by atoms with Crippen molar-refractivity contribution in [1.82, 2.24) is 15.1 Å². The van der Waals surface area contributed by atoms with Crippen LogP contribution in [0.4, 0.5) is 0 Å². The highest BCUT2D eigenvalue weighted by atomic mass is 35.5. The molecular weight excluding hydrogens is 354 g/mol. The van der Waals surface area contributed by atoms with Gasteiger partial charge in [0.1, 0.15) is 19.3 Å². The maximum atomic E-state index is 6.34. The lowest BCUT2D eigenvalue weighted by Gasteiger charge is -2.32. The van der Waals surface area contributed by atoms with Gasteiger partial charge in [0, 0.05) is 37.5 Å². The normalized spacial score (nSPS) is 22.4. The number of fused-ring (bicyclic) bond motifs is 1. The second-order valence-corrected chi connectivity index (χ2v) is 7.06. The molecule has 0 unspecified atom stereocenters. The summed E-state index contributed by atoms with van der Waals surface area (Å²) in [6.45, 7) is 5.52. The Morgan fingerprint density at radius 3 is 3.00 bits per heavy atom. The first-order valence-corrected chi connectivity index (χ1v) is 9.57. The van der Waals surface area contributed by atoms with Crippen molar-refractivity contribution in [3.63, 3.8) is 0 Å². The van der Waals surface area contributed by atoms with E-state index in [1.807, 2.05) is 23.0 Å². The van der Waals surface area contributed by atoms with Gasteiger partial charge in [-0.3, -0.25) is 4.68 Å². The van der Waals surface area contributed by atoms with Crippen molar-refractivity contribution in [3.8, 4) is 11.5 Å². The number of halogens is 1. The lowest BCUT2D eigenvalue weighted by Crippen LogP contribution is -2.39. The second kappa shape index (κ2) is 7.86. The molecule has 2 aliphatic rings. The molecule has 6 nitrogen and oxygen atoms in total. The molecular formula is C19H24ClN3O3. The third-order valence-corrected chi connectivity index (χ3v) is 5.13. The molecule has 7 heteroatoms. The van der Waals surface area contributed by atoms with Crippen molar-refractivity contribution < 1.29 is 14.2 Å². The standard InChI is InChI=1S/C19H24ClN3O3/c1-2-23-12-14(11-22-23)18-16(4-3-5-25-18)21-10-13-8-15(20)19-17(9-13)24-6-7-26-19/h8-9,11-12,16,18,21H,2-7,10H2,1H3/t16-,18+/m0/s1. The molecule has 140 valence electrons. The molecule has 1 saturated heterocycles. The summed E-state index contributed by atoms with van der Waals surface area (Å²) in [5, 5.41) is 8.61. The zero-order valence-electron chi connectivity index (χ0n) is 14.9. The van der Waals surface area contributed by atoms with Gasteiger partial charge in [-0.15, -0.1) is 0 Å². The van der Waals surface area contributed by atoms with Crippen molar-refractivity contribution in [2.24, 2.45) is 0 Å². The zero-order chi connectivity index (χ0) is 17.9. The van der Waals surface area contributed by atoms with E-state index in [0.717, 1.165) is 42.9 Å². The van der Waals surface area contributed by atoms with Gasteiger partial charge in [-0.25, -0.2) is 0 Å². The van der Waals surface area contributed by atoms with E-state index in [-0.39, 0.29) is 12.1 Å². The summed E-state index contributed by atoms with van der Waals surface area (Å²) in [5.41, 5.74) is 2.21. The number of hydrogen-bond acceptors (Lipinski definition) is 5. The van der Waals surface area contributed by atoms with Crippen LogP contribution in [0.5, 0.6) is 11.5 Å². The molecule has 0 radical (unpaired) electrons. The minimum Gasteiger partial charge on any atom is -0.486 e. The van der Waals surface area contributed by atoms with Gasteiger partial charge in [0.15, 0.2) is 11.5 Å². The van der Waals surface area contributed by atoms with E-state index in [2.05, 4.69) is 23.5 Å². The predicted molar refractivity (Wildman–Crippen MR) is 98.9 cm³/mol. The number of rotatable bonds is 5. The van der Waals surface area contributed by atoms with Crippen LogP contribution in [0.2, 0.25) is 5.02 Å². The lowest BCUT2D eigenvalue weighted by atomic mass is 9.98. The van der Waals surface area contributed by atoms with Crippen molar-refractivity contribution >= 4 is 11.6 Å². The summed E-state index contributed by atoms with van der Waals surface area (Å²) < 4.78 is 19.2. The minimum atomic E-state index is 0.0248. The Labute approximate surface area is 158 Å². The Balaban J connectivity index is 1.46. The summed E-state index contributed by atoms with van der Waals surface area (Å²) in [6.07, 6.45) is 6.13. The van der Waals surface area contributed by atoms with Gasteiger partial charge in [0.05, 0.1) is 11.2 Å². The summed E-state index contributed by atoms with van der Waals surface area (Å²) in [6, 6.07) is 4.18. The number of hydrogen-bond donors (Lipinski definition) is 1. The molecule has 0 bridgehead atoms. The van der Waals surface area contributed by atoms with Crippen LogP contribution in [-0.2, 0) is 17.8 Å². The average molecular weight is 378 g/mol. The first kappa shape index (κ1) is 17.6. The number of ether oxygens (including phenoxy) is 3. The van der Waals surface area contributed by atoms with Crippen LogP contribution < -0.4 is 14.8 Å². The Kier molecular flexibility index (Phi) is 5.33. The van der Waals surface area contributed by atoms with E-state index < -0.39 is 0 Å². The van der Waals surface area contributed by atoms with E-state index in [4.69, 9.17) is 25.8 Å². The average Bonchev–Trinajstić information content (AvgIpc) is 3.16. The molecule has 2 aliphatic heterocycles. The maximum Gasteiger partial charge on any atom is 0.179 e. The first-order chi connectivity index (χ1) is 12.7. The van der Waals surface area contributed by atoms with E-state index in [9.17, 15) is 0 Å². The highest BCUT2D eigenvalue weighted by Crippen LogP contribution is 2.38. The van der Waals surface area contributed by atoms with E-state index in [1.54, 1.807) is 0 Å².